The molecule has 0 bridgehead atoms. The predicted molar refractivity (Wildman–Crippen MR) is 98.9 cm³/mol. The van der Waals surface area contributed by atoms with Crippen molar-refractivity contribution in [2.45, 2.75) is 39.8 Å². The summed E-state index contributed by atoms with van der Waals surface area (Å²) in [6.45, 7) is 7.15. The van der Waals surface area contributed by atoms with Gasteiger partial charge in [0.25, 0.3) is 11.5 Å². The third kappa shape index (κ3) is 3.51. The molecule has 1 unspecified atom stereocenters. The van der Waals surface area contributed by atoms with Crippen LogP contribution in [-0.4, -0.2) is 29.4 Å². The second kappa shape index (κ2) is 6.84. The zero-order chi connectivity index (χ0) is 18.1. The maximum absolute atomic E-state index is 12.5. The molecule has 1 amide bonds. The zero-order valence-electron chi connectivity index (χ0n) is 15.3. The molecule has 0 aliphatic carbocycles. The standard InChI is InChI=1S/C20H25N3O2/c1-12-9-13(2)22-20(25)18(12)11-21-19(24)16-5-6-17-14(3)23(4)8-7-15(17)10-16/h5-6,9-10,14H,7-8,11H2,1-4H3,(H,21,24)(H,22,25). The summed E-state index contributed by atoms with van der Waals surface area (Å²) in [7, 11) is 2.12. The highest BCUT2D eigenvalue weighted by Crippen LogP contribution is 2.28. The first-order valence-corrected chi connectivity index (χ1v) is 8.67. The highest BCUT2D eigenvalue weighted by Gasteiger charge is 2.21. The number of rotatable bonds is 3. The van der Waals surface area contributed by atoms with Crippen molar-refractivity contribution < 1.29 is 4.79 Å². The Labute approximate surface area is 148 Å². The molecule has 0 saturated heterocycles. The van der Waals surface area contributed by atoms with E-state index in [1.807, 2.05) is 32.0 Å². The average Bonchev–Trinajstić information content (AvgIpc) is 2.56. The van der Waals surface area contributed by atoms with E-state index in [0.717, 1.165) is 24.2 Å². The lowest BCUT2D eigenvalue weighted by molar-refractivity contribution is 0.0950. The van der Waals surface area contributed by atoms with E-state index in [2.05, 4.69) is 35.2 Å². The molecular weight excluding hydrogens is 314 g/mol. The number of hydrogen-bond acceptors (Lipinski definition) is 3. The smallest absolute Gasteiger partial charge is 0.253 e. The summed E-state index contributed by atoms with van der Waals surface area (Å²) in [6, 6.07) is 8.19. The minimum Gasteiger partial charge on any atom is -0.348 e. The Balaban J connectivity index is 1.76. The van der Waals surface area contributed by atoms with Gasteiger partial charge < -0.3 is 10.3 Å². The summed E-state index contributed by atoms with van der Waals surface area (Å²) in [6.07, 6.45) is 0.952. The van der Waals surface area contributed by atoms with Crippen LogP contribution in [0, 0.1) is 13.8 Å². The summed E-state index contributed by atoms with van der Waals surface area (Å²) < 4.78 is 0. The molecule has 1 aromatic carbocycles. The van der Waals surface area contributed by atoms with Gasteiger partial charge >= 0.3 is 0 Å². The normalized spacial score (nSPS) is 17.2. The van der Waals surface area contributed by atoms with Gasteiger partial charge in [0.05, 0.1) is 0 Å². The van der Waals surface area contributed by atoms with Gasteiger partial charge in [-0.2, -0.15) is 0 Å². The van der Waals surface area contributed by atoms with Gasteiger partial charge in [0.15, 0.2) is 0 Å². The van der Waals surface area contributed by atoms with Gasteiger partial charge in [-0.15, -0.1) is 0 Å². The van der Waals surface area contributed by atoms with Crippen molar-refractivity contribution in [3.8, 4) is 0 Å². The monoisotopic (exact) mass is 339 g/mol. The van der Waals surface area contributed by atoms with Gasteiger partial charge in [-0.05, 0) is 69.1 Å². The lowest BCUT2D eigenvalue weighted by Gasteiger charge is -2.32. The quantitative estimate of drug-likeness (QED) is 0.903. The average molecular weight is 339 g/mol. The highest BCUT2D eigenvalue weighted by molar-refractivity contribution is 5.94. The Hall–Kier alpha value is -2.40. The molecule has 25 heavy (non-hydrogen) atoms. The number of fused-ring (bicyclic) bond motifs is 1. The number of benzene rings is 1. The Morgan fingerprint density at radius 3 is 2.80 bits per heavy atom. The molecule has 5 nitrogen and oxygen atoms in total. The number of amides is 1. The molecule has 1 aromatic heterocycles. The number of H-pyrrole nitrogens is 1. The number of aromatic nitrogens is 1. The van der Waals surface area contributed by atoms with Gasteiger partial charge in [0.2, 0.25) is 0 Å². The molecule has 5 heteroatoms. The SMILES string of the molecule is Cc1cc(C)c(CNC(=O)c2ccc3c(c2)CCN(C)C3C)c(=O)[nH]1. The van der Waals surface area contributed by atoms with Crippen LogP contribution in [0.15, 0.2) is 29.1 Å². The van der Waals surface area contributed by atoms with Crippen LogP contribution in [0.4, 0.5) is 0 Å². The number of carbonyl (C=O) groups is 1. The number of aryl methyl sites for hydroxylation is 2. The first-order valence-electron chi connectivity index (χ1n) is 8.67. The molecule has 2 N–H and O–H groups in total. The van der Waals surface area contributed by atoms with Crippen LogP contribution < -0.4 is 10.9 Å². The van der Waals surface area contributed by atoms with Gasteiger partial charge in [-0.1, -0.05) is 6.07 Å². The van der Waals surface area contributed by atoms with Gasteiger partial charge in [0, 0.05) is 36.0 Å². The summed E-state index contributed by atoms with van der Waals surface area (Å²) in [5.74, 6) is -0.145. The van der Waals surface area contributed by atoms with Gasteiger partial charge in [-0.25, -0.2) is 0 Å². The number of pyridine rings is 1. The maximum atomic E-state index is 12.5. The number of hydrogen-bond donors (Lipinski definition) is 2. The van der Waals surface area contributed by atoms with E-state index in [9.17, 15) is 9.59 Å². The first kappa shape index (κ1) is 17.4. The molecule has 0 fully saturated rings. The second-order valence-corrected chi connectivity index (χ2v) is 6.95. The van der Waals surface area contributed by atoms with Crippen LogP contribution in [0.2, 0.25) is 0 Å². The number of likely N-dealkylation sites (N-methyl/N-ethyl adjacent to an activating group) is 1. The summed E-state index contributed by atoms with van der Waals surface area (Å²) >= 11 is 0. The van der Waals surface area contributed by atoms with Crippen molar-refractivity contribution in [1.29, 1.82) is 0 Å². The van der Waals surface area contributed by atoms with Crippen LogP contribution in [0.25, 0.3) is 0 Å². The van der Waals surface area contributed by atoms with Crippen LogP contribution in [0.5, 0.6) is 0 Å². The molecule has 0 saturated carbocycles. The van der Waals surface area contributed by atoms with E-state index in [0.29, 0.717) is 17.2 Å². The third-order valence-electron chi connectivity index (χ3n) is 5.17. The minimum absolute atomic E-state index is 0.139. The molecule has 1 atom stereocenters. The molecule has 2 heterocycles. The molecule has 1 aliphatic rings. The predicted octanol–water partition coefficient (Wildman–Crippen LogP) is 2.47. The summed E-state index contributed by atoms with van der Waals surface area (Å²) in [5, 5.41) is 2.87. The number of aromatic amines is 1. The Bertz CT molecular complexity index is 870. The molecule has 0 radical (unpaired) electrons. The van der Waals surface area contributed by atoms with Crippen LogP contribution in [-0.2, 0) is 13.0 Å². The molecule has 1 aliphatic heterocycles. The highest BCUT2D eigenvalue weighted by atomic mass is 16.1. The Kier molecular flexibility index (Phi) is 4.77. The van der Waals surface area contributed by atoms with E-state index in [-0.39, 0.29) is 18.0 Å². The fraction of sp³-hybridized carbons (Fsp3) is 0.400. The van der Waals surface area contributed by atoms with Crippen LogP contribution in [0.1, 0.15) is 51.3 Å². The van der Waals surface area contributed by atoms with Crippen molar-refractivity contribution >= 4 is 5.91 Å². The molecule has 132 valence electrons. The lowest BCUT2D eigenvalue weighted by Crippen LogP contribution is -2.31. The summed E-state index contributed by atoms with van der Waals surface area (Å²) in [4.78, 5) is 29.7. The topological polar surface area (TPSA) is 65.2 Å². The van der Waals surface area contributed by atoms with E-state index in [1.54, 1.807) is 0 Å². The third-order valence-corrected chi connectivity index (χ3v) is 5.17. The van der Waals surface area contributed by atoms with E-state index < -0.39 is 0 Å². The van der Waals surface area contributed by atoms with Crippen molar-refractivity contribution in [2.75, 3.05) is 13.6 Å². The van der Waals surface area contributed by atoms with E-state index in [4.69, 9.17) is 0 Å². The van der Waals surface area contributed by atoms with Crippen LogP contribution >= 0.6 is 0 Å². The van der Waals surface area contributed by atoms with Gasteiger partial charge in [0.1, 0.15) is 0 Å². The number of nitrogens with zero attached hydrogens (tertiary/aromatic N) is 1. The maximum Gasteiger partial charge on any atom is 0.253 e. The molecule has 3 rings (SSSR count). The van der Waals surface area contributed by atoms with Crippen molar-refractivity contribution in [3.05, 3.63) is 68.1 Å². The minimum atomic E-state index is -0.145. The molecule has 2 aromatic rings. The van der Waals surface area contributed by atoms with Crippen LogP contribution in [0.3, 0.4) is 0 Å². The first-order chi connectivity index (χ1) is 11.9. The lowest BCUT2D eigenvalue weighted by atomic mass is 9.92. The van der Waals surface area contributed by atoms with E-state index in [1.165, 1.54) is 11.1 Å². The molecular formula is C20H25N3O2. The second-order valence-electron chi connectivity index (χ2n) is 6.95. The van der Waals surface area contributed by atoms with Gasteiger partial charge in [-0.3, -0.25) is 14.5 Å². The Morgan fingerprint density at radius 1 is 1.32 bits per heavy atom. The molecule has 0 spiro atoms. The summed E-state index contributed by atoms with van der Waals surface area (Å²) in [5.41, 5.74) is 5.36. The number of carbonyl (C=O) groups excluding carboxylic acids is 1. The largest absolute Gasteiger partial charge is 0.348 e. The fourth-order valence-electron chi connectivity index (χ4n) is 3.47. The Morgan fingerprint density at radius 2 is 2.08 bits per heavy atom. The van der Waals surface area contributed by atoms with Crippen molar-refractivity contribution in [1.82, 2.24) is 15.2 Å². The zero-order valence-corrected chi connectivity index (χ0v) is 15.3. The number of nitrogens with one attached hydrogen (secondary N) is 2. The van der Waals surface area contributed by atoms with Crippen molar-refractivity contribution in [2.24, 2.45) is 0 Å². The fourth-order valence-corrected chi connectivity index (χ4v) is 3.47. The van der Waals surface area contributed by atoms with Crippen molar-refractivity contribution in [3.63, 3.8) is 0 Å². The van der Waals surface area contributed by atoms with E-state index >= 15 is 0 Å².